The van der Waals surface area contributed by atoms with Crippen molar-refractivity contribution in [2.45, 2.75) is 303 Å². The molecule has 11 heteroatoms. The third-order valence-electron chi connectivity index (χ3n) is 24.9. The number of nitrogens with two attached hydrogens (primary N) is 1. The molecule has 106 heavy (non-hydrogen) atoms. The summed E-state index contributed by atoms with van der Waals surface area (Å²) >= 11 is 0. The Kier molecular flexibility index (Phi) is 24.8. The predicted octanol–water partition coefficient (Wildman–Crippen LogP) is 28.0. The first-order valence-electron chi connectivity index (χ1n) is 42.8. The van der Waals surface area contributed by atoms with Crippen LogP contribution in [-0.2, 0) is 0 Å². The second-order valence-electron chi connectivity index (χ2n) is 32.4. The minimum atomic E-state index is -0.245. The molecule has 558 valence electrons. The molecule has 0 aliphatic carbocycles. The van der Waals surface area contributed by atoms with Crippen molar-refractivity contribution in [3.63, 3.8) is 0 Å². The number of fused-ring (bicyclic) bond motifs is 12. The van der Waals surface area contributed by atoms with E-state index in [0.29, 0.717) is 55.2 Å². The quantitative estimate of drug-likeness (QED) is 0.00993. The predicted molar refractivity (Wildman–Crippen MR) is 456 cm³/mol. The normalized spacial score (nSPS) is 12.6. The second kappa shape index (κ2) is 35.2. The van der Waals surface area contributed by atoms with E-state index in [1.807, 2.05) is 28.7 Å². The first-order chi connectivity index (χ1) is 52.1. The molecule has 14 rings (SSSR count). The highest BCUT2D eigenvalue weighted by Gasteiger charge is 2.30. The van der Waals surface area contributed by atoms with Gasteiger partial charge in [-0.1, -0.05) is 314 Å². The Morgan fingerprint density at radius 2 is 0.698 bits per heavy atom. The summed E-state index contributed by atoms with van der Waals surface area (Å²) in [7, 11) is 0. The van der Waals surface area contributed by atoms with Gasteiger partial charge in [0.05, 0.1) is 32.4 Å². The summed E-state index contributed by atoms with van der Waals surface area (Å²) < 4.78 is 3.53. The third-order valence-corrected chi connectivity index (χ3v) is 24.9. The van der Waals surface area contributed by atoms with E-state index in [4.69, 9.17) is 15.7 Å². The van der Waals surface area contributed by atoms with E-state index in [0.717, 1.165) is 131 Å². The molecule has 0 bridgehead atoms. The maximum absolute atomic E-state index is 15.3. The van der Waals surface area contributed by atoms with Gasteiger partial charge in [0.2, 0.25) is 0 Å². The van der Waals surface area contributed by atoms with Crippen LogP contribution in [0, 0.1) is 10.1 Å². The molecule has 0 amide bonds. The van der Waals surface area contributed by atoms with E-state index >= 15 is 9.59 Å². The molecular formula is C95H119N7O4. The summed E-state index contributed by atoms with van der Waals surface area (Å²) in [5.74, 6) is 0.392. The zero-order chi connectivity index (χ0) is 73.0. The summed E-state index contributed by atoms with van der Waals surface area (Å²) in [6.07, 6.45) is 54.6. The lowest BCUT2D eigenvalue weighted by Crippen LogP contribution is -2.25. The van der Waals surface area contributed by atoms with Crippen molar-refractivity contribution >= 4 is 147 Å². The van der Waals surface area contributed by atoms with Crippen molar-refractivity contribution in [2.75, 3.05) is 23.7 Å². The van der Waals surface area contributed by atoms with Crippen molar-refractivity contribution in [3.05, 3.63) is 133 Å². The van der Waals surface area contributed by atoms with Crippen molar-refractivity contribution in [1.82, 2.24) is 18.8 Å². The summed E-state index contributed by atoms with van der Waals surface area (Å²) in [6, 6.07) is 33.3. The number of unbranched alkanes of at least 4 members (excludes halogenated alkanes) is 36. The first-order valence-corrected chi connectivity index (χ1v) is 42.8. The highest BCUT2D eigenvalue weighted by atomic mass is 16.6. The van der Waals surface area contributed by atoms with Crippen LogP contribution in [0.2, 0.25) is 0 Å². The van der Waals surface area contributed by atoms with E-state index in [9.17, 15) is 10.1 Å². The molecule has 11 nitrogen and oxygen atoms in total. The van der Waals surface area contributed by atoms with Crippen molar-refractivity contribution in [3.8, 4) is 0 Å². The summed E-state index contributed by atoms with van der Waals surface area (Å²) in [4.78, 5) is 57.7. The number of pyridine rings is 2. The van der Waals surface area contributed by atoms with Gasteiger partial charge in [-0.05, 0) is 129 Å². The van der Waals surface area contributed by atoms with Crippen LogP contribution in [0.15, 0.2) is 107 Å². The molecular weight excluding hydrogens is 1300 g/mol. The zero-order valence-electron chi connectivity index (χ0n) is 64.8. The molecule has 10 aromatic carbocycles. The molecule has 4 aromatic heterocycles. The molecule has 0 saturated carbocycles. The van der Waals surface area contributed by atoms with Gasteiger partial charge in [0.1, 0.15) is 11.3 Å². The maximum atomic E-state index is 15.3. The molecule has 0 saturated heterocycles. The van der Waals surface area contributed by atoms with Crippen molar-refractivity contribution in [2.24, 2.45) is 0 Å². The van der Waals surface area contributed by atoms with Gasteiger partial charge in [0, 0.05) is 79.0 Å². The topological polar surface area (TPSA) is 141 Å². The molecule has 0 fully saturated rings. The molecule has 0 radical (unpaired) electrons. The average molecular weight is 1420 g/mol. The average Bonchev–Trinajstić information content (AvgIpc) is 1.15. The molecule has 2 N–H and O–H groups in total. The highest BCUT2D eigenvalue weighted by molar-refractivity contribution is 6.47. The number of nitro groups is 1. The highest BCUT2D eigenvalue weighted by Crippen LogP contribution is 2.53. The Labute approximate surface area is 628 Å². The van der Waals surface area contributed by atoms with Crippen molar-refractivity contribution in [1.29, 1.82) is 0 Å². The number of anilines is 2. The second-order valence-corrected chi connectivity index (χ2v) is 32.4. The smallest absolute Gasteiger partial charge is 0.278 e. The van der Waals surface area contributed by atoms with Gasteiger partial charge in [0.15, 0.2) is 0 Å². The fourth-order valence-electron chi connectivity index (χ4n) is 19.2. The fraction of sp³-hybridized carbons (Fsp3) is 0.516. The Morgan fingerprint density at radius 3 is 1.13 bits per heavy atom. The Hall–Kier alpha value is -8.18. The maximum Gasteiger partial charge on any atom is 0.278 e. The van der Waals surface area contributed by atoms with Crippen LogP contribution >= 0.6 is 0 Å². The number of hydrogen-bond donors (Lipinski definition) is 1. The van der Waals surface area contributed by atoms with E-state index in [1.165, 1.54) is 250 Å². The number of nitro benzene ring substituents is 1. The molecule has 0 aliphatic rings. The molecule has 0 atom stereocenters. The fourth-order valence-corrected chi connectivity index (χ4v) is 19.2. The molecule has 0 unspecified atom stereocenters. The van der Waals surface area contributed by atoms with Crippen LogP contribution in [0.4, 0.5) is 17.1 Å². The lowest BCUT2D eigenvalue weighted by atomic mass is 9.82. The van der Waals surface area contributed by atoms with Gasteiger partial charge in [-0.3, -0.25) is 28.5 Å². The van der Waals surface area contributed by atoms with Gasteiger partial charge in [-0.2, -0.15) is 0 Å². The van der Waals surface area contributed by atoms with Gasteiger partial charge in [-0.25, -0.2) is 9.97 Å². The molecule has 0 aliphatic heterocycles. The molecule has 4 heterocycles. The number of imidazole rings is 2. The lowest BCUT2D eigenvalue weighted by molar-refractivity contribution is -0.382. The first kappa shape index (κ1) is 74.7. The summed E-state index contributed by atoms with van der Waals surface area (Å²) in [5, 5.41) is 28.3. The number of hydrogen-bond acceptors (Lipinski definition) is 8. The SMILES string of the molecule is CCCCCCCCCCCCC(CCCCCCCCCCCC)c1ccc2c(c1)nc1c3cc([N+](=O)[O-])c4c5ccc6c7ccc8c(=O)n9c%10ccc(N(CCCCCCCCCCCC)CCCCCCCCCCCC)cc%10nc9c9cc(N)c(c%10ccc(c%11ccc(c(=O)n21)c3c%114)c5c6%10)c7c89. The minimum absolute atomic E-state index is 0.0207. The summed E-state index contributed by atoms with van der Waals surface area (Å²) in [6.45, 7) is 11.2. The number of benzene rings is 10. The van der Waals surface area contributed by atoms with Gasteiger partial charge in [0.25, 0.3) is 16.8 Å². The van der Waals surface area contributed by atoms with E-state index in [-0.39, 0.29) is 21.7 Å². The standard InChI is InChI=1S/C95H119N7O4/c1-5-9-13-17-21-25-29-33-37-41-45-65(46-42-38-34-30-26-22-18-14-10-6-2)66-47-57-81-79(61-66)97-93-77-64-83(102(105)106)89-73-54-50-68-70-51-55-74-86-76(63-78(96)88(90(70)86)72-53-49-69(85(73)84(68)72)71-52-56-75(87(77)91(71)89)95(104)100(81)93)92-98-80-62-67(48-58-82(80)101(92)94(74)103)99(59-43-39-35-31-27-23-19-15-11-7-3)60-44-40-36-32-28-24-20-16-12-8-4/h47-58,61-65H,5-46,59-60,96H2,1-4H3. The Balaban J connectivity index is 0.799. The van der Waals surface area contributed by atoms with Gasteiger partial charge < -0.3 is 10.6 Å². The number of non-ortho nitro benzene ring substituents is 1. The minimum Gasteiger partial charge on any atom is -0.398 e. The third kappa shape index (κ3) is 15.2. The molecule has 14 aromatic rings. The number of rotatable bonds is 47. The van der Waals surface area contributed by atoms with Crippen molar-refractivity contribution < 1.29 is 4.92 Å². The Bertz CT molecular complexity index is 5370. The van der Waals surface area contributed by atoms with Crippen LogP contribution < -0.4 is 21.8 Å². The largest absolute Gasteiger partial charge is 0.398 e. The van der Waals surface area contributed by atoms with E-state index in [2.05, 4.69) is 99.3 Å². The molecule has 0 spiro atoms. The van der Waals surface area contributed by atoms with E-state index in [1.54, 1.807) is 10.5 Å². The van der Waals surface area contributed by atoms with Gasteiger partial charge in [-0.15, -0.1) is 0 Å². The van der Waals surface area contributed by atoms with Crippen LogP contribution in [0.5, 0.6) is 0 Å². The summed E-state index contributed by atoms with van der Waals surface area (Å²) in [5.41, 5.74) is 14.3. The van der Waals surface area contributed by atoms with Crippen LogP contribution in [-0.4, -0.2) is 36.8 Å². The monoisotopic (exact) mass is 1420 g/mol. The number of nitrogens with zero attached hydrogens (tertiary/aromatic N) is 6. The Morgan fingerprint density at radius 1 is 0.358 bits per heavy atom. The van der Waals surface area contributed by atoms with Crippen LogP contribution in [0.3, 0.4) is 0 Å². The van der Waals surface area contributed by atoms with Crippen LogP contribution in [0.25, 0.3) is 130 Å². The van der Waals surface area contributed by atoms with Gasteiger partial charge >= 0.3 is 0 Å². The van der Waals surface area contributed by atoms with E-state index < -0.39 is 0 Å². The number of nitrogen functional groups attached to an aromatic ring is 1. The van der Waals surface area contributed by atoms with Crippen LogP contribution in [0.1, 0.15) is 309 Å². The lowest BCUT2D eigenvalue weighted by Gasteiger charge is -2.25. The number of aromatic nitrogens is 4. The zero-order valence-corrected chi connectivity index (χ0v) is 64.8.